The maximum atomic E-state index is 2.21. The molecule has 0 nitrogen and oxygen atoms in total. The summed E-state index contributed by atoms with van der Waals surface area (Å²) in [6, 6.07) is 0. The minimum Gasteiger partial charge on any atom is -0.0973 e. The van der Waals surface area contributed by atoms with E-state index in [-0.39, 0.29) is 0 Å². The fourth-order valence-corrected chi connectivity index (χ4v) is 1.97. The smallest absolute Gasteiger partial charge is 0.0247 e. The van der Waals surface area contributed by atoms with Crippen LogP contribution in [-0.4, -0.2) is 12.0 Å². The first-order chi connectivity index (χ1) is 4.35. The van der Waals surface area contributed by atoms with Gasteiger partial charge in [0.25, 0.3) is 0 Å². The number of hydrogen-bond acceptors (Lipinski definition) is 2. The van der Waals surface area contributed by atoms with Crippen molar-refractivity contribution in [3.8, 4) is 0 Å². The van der Waals surface area contributed by atoms with Crippen molar-refractivity contribution in [3.05, 3.63) is 11.6 Å². The zero-order chi connectivity index (χ0) is 7.11. The van der Waals surface area contributed by atoms with E-state index in [1.165, 1.54) is 12.2 Å². The molecule has 0 unspecified atom stereocenters. The second-order valence-electron chi connectivity index (χ2n) is 1.73. The molecule has 0 amide bonds. The standard InChI is InChI=1S/C7H14S2/c1-4-7(5-2)6-9-8-3/h4H,5-6H2,1-3H3/b7-4+. The number of rotatable bonds is 4. The van der Waals surface area contributed by atoms with Crippen LogP contribution in [-0.2, 0) is 0 Å². The second-order valence-corrected chi connectivity index (χ2v) is 4.29. The van der Waals surface area contributed by atoms with Crippen molar-refractivity contribution >= 4 is 21.6 Å². The first-order valence-corrected chi connectivity index (χ1v) is 5.87. The predicted octanol–water partition coefficient (Wildman–Crippen LogP) is 3.35. The van der Waals surface area contributed by atoms with Gasteiger partial charge in [0.1, 0.15) is 0 Å². The van der Waals surface area contributed by atoms with Gasteiger partial charge in [0.2, 0.25) is 0 Å². The molecule has 9 heavy (non-hydrogen) atoms. The molecule has 0 atom stereocenters. The molecule has 0 aliphatic heterocycles. The Balaban J connectivity index is 3.33. The highest BCUT2D eigenvalue weighted by Gasteiger charge is 1.90. The quantitative estimate of drug-likeness (QED) is 0.459. The lowest BCUT2D eigenvalue weighted by Gasteiger charge is -1.99. The van der Waals surface area contributed by atoms with Crippen molar-refractivity contribution in [2.75, 3.05) is 12.0 Å². The van der Waals surface area contributed by atoms with Gasteiger partial charge in [-0.2, -0.15) is 0 Å². The Morgan fingerprint density at radius 3 is 2.56 bits per heavy atom. The van der Waals surface area contributed by atoms with Crippen LogP contribution >= 0.6 is 21.6 Å². The molecule has 0 aliphatic rings. The van der Waals surface area contributed by atoms with Crippen LogP contribution < -0.4 is 0 Å². The molecule has 0 fully saturated rings. The summed E-state index contributed by atoms with van der Waals surface area (Å²) < 4.78 is 0. The average molecular weight is 162 g/mol. The van der Waals surface area contributed by atoms with E-state index in [0.29, 0.717) is 0 Å². The Morgan fingerprint density at radius 1 is 1.56 bits per heavy atom. The van der Waals surface area contributed by atoms with Crippen LogP contribution in [0.1, 0.15) is 20.3 Å². The zero-order valence-electron chi connectivity index (χ0n) is 6.31. The maximum absolute atomic E-state index is 2.21. The van der Waals surface area contributed by atoms with Crippen LogP contribution in [0, 0.1) is 0 Å². The highest BCUT2D eigenvalue weighted by molar-refractivity contribution is 8.76. The fraction of sp³-hybridized carbons (Fsp3) is 0.714. The third kappa shape index (κ3) is 4.91. The molecule has 54 valence electrons. The van der Waals surface area contributed by atoms with Gasteiger partial charge in [-0.05, 0) is 19.6 Å². The minimum absolute atomic E-state index is 1.19. The SMILES string of the molecule is C/C=C(\CC)CSSC. The topological polar surface area (TPSA) is 0 Å². The summed E-state index contributed by atoms with van der Waals surface area (Å²) in [5.41, 5.74) is 1.55. The number of allylic oxidation sites excluding steroid dienone is 1. The van der Waals surface area contributed by atoms with Crippen molar-refractivity contribution in [3.63, 3.8) is 0 Å². The van der Waals surface area contributed by atoms with Gasteiger partial charge in [-0.15, -0.1) is 0 Å². The minimum atomic E-state index is 1.19. The van der Waals surface area contributed by atoms with Crippen molar-refractivity contribution in [2.45, 2.75) is 20.3 Å². The van der Waals surface area contributed by atoms with Crippen LogP contribution in [0.2, 0.25) is 0 Å². The Hall–Kier alpha value is 0.440. The van der Waals surface area contributed by atoms with Crippen molar-refractivity contribution in [1.82, 2.24) is 0 Å². The molecule has 0 aliphatic carbocycles. The molecule has 0 spiro atoms. The Morgan fingerprint density at radius 2 is 2.22 bits per heavy atom. The van der Waals surface area contributed by atoms with Gasteiger partial charge in [0.15, 0.2) is 0 Å². The van der Waals surface area contributed by atoms with Crippen LogP contribution in [0.15, 0.2) is 11.6 Å². The van der Waals surface area contributed by atoms with E-state index < -0.39 is 0 Å². The summed E-state index contributed by atoms with van der Waals surface area (Å²) in [5.74, 6) is 1.19. The molecule has 0 aromatic heterocycles. The van der Waals surface area contributed by atoms with E-state index in [0.717, 1.165) is 0 Å². The Kier molecular flexibility index (Phi) is 6.88. The molecular formula is C7H14S2. The van der Waals surface area contributed by atoms with E-state index in [1.54, 1.807) is 5.57 Å². The van der Waals surface area contributed by atoms with Crippen LogP contribution in [0.4, 0.5) is 0 Å². The van der Waals surface area contributed by atoms with Gasteiger partial charge in [0.05, 0.1) is 0 Å². The summed E-state index contributed by atoms with van der Waals surface area (Å²) in [6.45, 7) is 4.32. The number of hydrogen-bond donors (Lipinski definition) is 0. The predicted molar refractivity (Wildman–Crippen MR) is 50.0 cm³/mol. The molecule has 0 rings (SSSR count). The molecular weight excluding hydrogens is 148 g/mol. The lowest BCUT2D eigenvalue weighted by atomic mass is 10.2. The molecule has 0 N–H and O–H groups in total. The maximum Gasteiger partial charge on any atom is 0.0247 e. The third-order valence-electron chi connectivity index (χ3n) is 1.22. The van der Waals surface area contributed by atoms with E-state index in [4.69, 9.17) is 0 Å². The largest absolute Gasteiger partial charge is 0.0973 e. The summed E-state index contributed by atoms with van der Waals surface area (Å²) in [4.78, 5) is 0. The first kappa shape index (κ1) is 9.44. The summed E-state index contributed by atoms with van der Waals surface area (Å²) in [6.07, 6.45) is 5.53. The van der Waals surface area contributed by atoms with E-state index in [1.807, 2.05) is 21.6 Å². The third-order valence-corrected chi connectivity index (χ3v) is 3.01. The van der Waals surface area contributed by atoms with Crippen LogP contribution in [0.5, 0.6) is 0 Å². The average Bonchev–Trinajstić information content (AvgIpc) is 1.91. The highest BCUT2D eigenvalue weighted by atomic mass is 33.1. The summed E-state index contributed by atoms with van der Waals surface area (Å²) >= 11 is 0. The van der Waals surface area contributed by atoms with Gasteiger partial charge >= 0.3 is 0 Å². The summed E-state index contributed by atoms with van der Waals surface area (Å²) in [5, 5.41) is 0. The fourth-order valence-electron chi connectivity index (χ4n) is 0.524. The molecule has 0 radical (unpaired) electrons. The monoisotopic (exact) mass is 162 g/mol. The molecule has 0 aromatic rings. The zero-order valence-corrected chi connectivity index (χ0v) is 7.94. The van der Waals surface area contributed by atoms with E-state index in [9.17, 15) is 0 Å². The van der Waals surface area contributed by atoms with Gasteiger partial charge in [0, 0.05) is 5.75 Å². The molecule has 0 saturated heterocycles. The Labute approximate surface area is 65.9 Å². The van der Waals surface area contributed by atoms with Crippen LogP contribution in [0.25, 0.3) is 0 Å². The van der Waals surface area contributed by atoms with Gasteiger partial charge in [-0.25, -0.2) is 0 Å². The van der Waals surface area contributed by atoms with Gasteiger partial charge in [-0.1, -0.05) is 40.2 Å². The van der Waals surface area contributed by atoms with E-state index in [2.05, 4.69) is 26.2 Å². The highest BCUT2D eigenvalue weighted by Crippen LogP contribution is 2.20. The first-order valence-electron chi connectivity index (χ1n) is 3.14. The van der Waals surface area contributed by atoms with Crippen LogP contribution in [0.3, 0.4) is 0 Å². The summed E-state index contributed by atoms with van der Waals surface area (Å²) in [7, 11) is 3.75. The van der Waals surface area contributed by atoms with E-state index >= 15 is 0 Å². The second kappa shape index (κ2) is 6.56. The lowest BCUT2D eigenvalue weighted by molar-refractivity contribution is 1.10. The Bertz CT molecular complexity index is 86.9. The normalized spacial score (nSPS) is 12.1. The molecule has 0 heterocycles. The van der Waals surface area contributed by atoms with Gasteiger partial charge in [-0.3, -0.25) is 0 Å². The lowest BCUT2D eigenvalue weighted by Crippen LogP contribution is -1.81. The molecule has 2 heteroatoms. The molecule has 0 aromatic carbocycles. The molecule has 0 saturated carbocycles. The van der Waals surface area contributed by atoms with Crippen molar-refractivity contribution in [2.24, 2.45) is 0 Å². The van der Waals surface area contributed by atoms with Gasteiger partial charge < -0.3 is 0 Å². The molecule has 0 bridgehead atoms. The van der Waals surface area contributed by atoms with Crippen molar-refractivity contribution in [1.29, 1.82) is 0 Å². The van der Waals surface area contributed by atoms with Crippen molar-refractivity contribution < 1.29 is 0 Å².